The molecule has 1 saturated carbocycles. The first kappa shape index (κ1) is 14.8. The van der Waals surface area contributed by atoms with Crippen LogP contribution in [0.4, 0.5) is 4.79 Å². The van der Waals surface area contributed by atoms with Crippen molar-refractivity contribution >= 4 is 12.0 Å². The van der Waals surface area contributed by atoms with E-state index >= 15 is 0 Å². The maximum atomic E-state index is 11.6. The Morgan fingerprint density at radius 3 is 2.78 bits per heavy atom. The van der Waals surface area contributed by atoms with Gasteiger partial charge in [0.2, 0.25) is 0 Å². The first-order valence-electron chi connectivity index (χ1n) is 6.41. The minimum absolute atomic E-state index is 0.235. The molecule has 0 aromatic heterocycles. The summed E-state index contributed by atoms with van der Waals surface area (Å²) in [6.45, 7) is 1.27. The van der Waals surface area contributed by atoms with Gasteiger partial charge in [0.05, 0.1) is 5.92 Å². The van der Waals surface area contributed by atoms with Crippen LogP contribution in [0.2, 0.25) is 0 Å². The Kier molecular flexibility index (Phi) is 6.49. The summed E-state index contributed by atoms with van der Waals surface area (Å²) in [7, 11) is 1.65. The molecule has 0 saturated heterocycles. The van der Waals surface area contributed by atoms with E-state index in [1.165, 1.54) is 0 Å². The van der Waals surface area contributed by atoms with E-state index in [0.717, 1.165) is 25.7 Å². The number of urea groups is 1. The summed E-state index contributed by atoms with van der Waals surface area (Å²) < 4.78 is 4.90. The van der Waals surface area contributed by atoms with Crippen LogP contribution in [0, 0.1) is 5.92 Å². The van der Waals surface area contributed by atoms with E-state index < -0.39 is 11.9 Å². The molecule has 1 aliphatic carbocycles. The number of hydrogen-bond acceptors (Lipinski definition) is 3. The van der Waals surface area contributed by atoms with E-state index in [2.05, 4.69) is 10.6 Å². The highest BCUT2D eigenvalue weighted by Gasteiger charge is 2.33. The molecule has 2 amide bonds. The number of aliphatic carboxylic acids is 1. The number of carboxylic acid groups (broad SMARTS) is 1. The van der Waals surface area contributed by atoms with Crippen LogP contribution in [0.5, 0.6) is 0 Å². The van der Waals surface area contributed by atoms with Crippen LogP contribution < -0.4 is 10.6 Å². The molecule has 3 N–H and O–H groups in total. The fraction of sp³-hybridized carbons (Fsp3) is 0.833. The van der Waals surface area contributed by atoms with Crippen molar-refractivity contribution in [2.45, 2.75) is 38.1 Å². The van der Waals surface area contributed by atoms with E-state index in [1.54, 1.807) is 7.11 Å². The second kappa shape index (κ2) is 7.92. The predicted octanol–water partition coefficient (Wildman–Crippen LogP) is 0.965. The molecule has 6 nitrogen and oxygen atoms in total. The molecule has 104 valence electrons. The number of carbonyl (C=O) groups is 2. The molecule has 0 heterocycles. The molecule has 2 unspecified atom stereocenters. The smallest absolute Gasteiger partial charge is 0.315 e. The van der Waals surface area contributed by atoms with Gasteiger partial charge in [-0.25, -0.2) is 4.79 Å². The summed E-state index contributed by atoms with van der Waals surface area (Å²) >= 11 is 0. The van der Waals surface area contributed by atoms with Crippen LogP contribution in [0.1, 0.15) is 32.1 Å². The number of carbonyl (C=O) groups excluding carboxylic acids is 1. The van der Waals surface area contributed by atoms with Gasteiger partial charge in [-0.15, -0.1) is 0 Å². The van der Waals surface area contributed by atoms with E-state index in [1.807, 2.05) is 0 Å². The molecule has 0 aliphatic heterocycles. The molecule has 18 heavy (non-hydrogen) atoms. The topological polar surface area (TPSA) is 87.7 Å². The SMILES string of the molecule is COCCCCNC(=O)NC1CCCC1C(=O)O. The van der Waals surface area contributed by atoms with Crippen molar-refractivity contribution in [2.24, 2.45) is 5.92 Å². The standard InChI is InChI=1S/C12H22N2O4/c1-18-8-3-2-7-13-12(17)14-10-6-4-5-9(10)11(15)16/h9-10H,2-8H2,1H3,(H,15,16)(H2,13,14,17). The Balaban J connectivity index is 2.17. The number of hydrogen-bond donors (Lipinski definition) is 3. The molecule has 2 atom stereocenters. The molecule has 6 heteroatoms. The van der Waals surface area contributed by atoms with Crippen LogP contribution in [0.15, 0.2) is 0 Å². The summed E-state index contributed by atoms with van der Waals surface area (Å²) in [6, 6.07) is -0.507. The second-order valence-electron chi connectivity index (χ2n) is 4.58. The van der Waals surface area contributed by atoms with E-state index in [9.17, 15) is 9.59 Å². The summed E-state index contributed by atoms with van der Waals surface area (Å²) in [5.41, 5.74) is 0. The van der Waals surface area contributed by atoms with Gasteiger partial charge in [0.15, 0.2) is 0 Å². The second-order valence-corrected chi connectivity index (χ2v) is 4.58. The largest absolute Gasteiger partial charge is 0.481 e. The van der Waals surface area contributed by atoms with Gasteiger partial charge in [-0.3, -0.25) is 4.79 Å². The first-order chi connectivity index (χ1) is 8.65. The Labute approximate surface area is 107 Å². The maximum Gasteiger partial charge on any atom is 0.315 e. The molecule has 0 radical (unpaired) electrons. The number of unbranched alkanes of at least 4 members (excludes halogenated alkanes) is 1. The van der Waals surface area contributed by atoms with Gasteiger partial charge in [0.1, 0.15) is 0 Å². The number of nitrogens with one attached hydrogen (secondary N) is 2. The molecule has 0 aromatic rings. The summed E-state index contributed by atoms with van der Waals surface area (Å²) in [5.74, 6) is -1.26. The fourth-order valence-corrected chi connectivity index (χ4v) is 2.22. The first-order valence-corrected chi connectivity index (χ1v) is 6.41. The zero-order valence-corrected chi connectivity index (χ0v) is 10.8. The third-order valence-electron chi connectivity index (χ3n) is 3.21. The fourth-order valence-electron chi connectivity index (χ4n) is 2.22. The number of carboxylic acids is 1. The summed E-state index contributed by atoms with van der Waals surface area (Å²) in [5, 5.41) is 14.5. The van der Waals surface area contributed by atoms with Crippen molar-refractivity contribution < 1.29 is 19.4 Å². The molecule has 1 aliphatic rings. The monoisotopic (exact) mass is 258 g/mol. The maximum absolute atomic E-state index is 11.6. The van der Waals surface area contributed by atoms with Crippen LogP contribution in [-0.4, -0.2) is 43.4 Å². The van der Waals surface area contributed by atoms with Crippen LogP contribution in [-0.2, 0) is 9.53 Å². The minimum Gasteiger partial charge on any atom is -0.481 e. The Hall–Kier alpha value is -1.30. The zero-order chi connectivity index (χ0) is 13.4. The van der Waals surface area contributed by atoms with E-state index in [4.69, 9.17) is 9.84 Å². The molecule has 0 spiro atoms. The normalized spacial score (nSPS) is 22.7. The van der Waals surface area contributed by atoms with Gasteiger partial charge < -0.3 is 20.5 Å². The van der Waals surface area contributed by atoms with Gasteiger partial charge in [-0.2, -0.15) is 0 Å². The van der Waals surface area contributed by atoms with Gasteiger partial charge in [0.25, 0.3) is 0 Å². The molecule has 0 bridgehead atoms. The number of rotatable bonds is 7. The van der Waals surface area contributed by atoms with E-state index in [0.29, 0.717) is 19.6 Å². The predicted molar refractivity (Wildman–Crippen MR) is 66.4 cm³/mol. The lowest BCUT2D eigenvalue weighted by Crippen LogP contribution is -2.45. The highest BCUT2D eigenvalue weighted by molar-refractivity contribution is 5.76. The lowest BCUT2D eigenvalue weighted by Gasteiger charge is -2.17. The Morgan fingerprint density at radius 1 is 1.33 bits per heavy atom. The van der Waals surface area contributed by atoms with Crippen molar-refractivity contribution in [1.82, 2.24) is 10.6 Å². The highest BCUT2D eigenvalue weighted by atomic mass is 16.5. The van der Waals surface area contributed by atoms with Crippen LogP contribution in [0.3, 0.4) is 0 Å². The average molecular weight is 258 g/mol. The van der Waals surface area contributed by atoms with Crippen molar-refractivity contribution in [3.8, 4) is 0 Å². The third kappa shape index (κ3) is 4.91. The average Bonchev–Trinajstić information content (AvgIpc) is 2.77. The summed E-state index contributed by atoms with van der Waals surface area (Å²) in [6.07, 6.45) is 4.00. The lowest BCUT2D eigenvalue weighted by atomic mass is 10.0. The number of amides is 2. The molecular formula is C12H22N2O4. The van der Waals surface area contributed by atoms with Crippen molar-refractivity contribution in [2.75, 3.05) is 20.3 Å². The number of methoxy groups -OCH3 is 1. The van der Waals surface area contributed by atoms with Gasteiger partial charge in [-0.05, 0) is 25.7 Å². The molecule has 1 rings (SSSR count). The summed E-state index contributed by atoms with van der Waals surface area (Å²) in [4.78, 5) is 22.5. The van der Waals surface area contributed by atoms with Crippen LogP contribution >= 0.6 is 0 Å². The molecule has 0 aromatic carbocycles. The Morgan fingerprint density at radius 2 is 2.11 bits per heavy atom. The van der Waals surface area contributed by atoms with Crippen molar-refractivity contribution in [3.05, 3.63) is 0 Å². The molecule has 1 fully saturated rings. The number of ether oxygens (including phenoxy) is 1. The third-order valence-corrected chi connectivity index (χ3v) is 3.21. The van der Waals surface area contributed by atoms with Crippen LogP contribution in [0.25, 0.3) is 0 Å². The van der Waals surface area contributed by atoms with E-state index in [-0.39, 0.29) is 12.1 Å². The van der Waals surface area contributed by atoms with Crippen molar-refractivity contribution in [1.29, 1.82) is 0 Å². The zero-order valence-electron chi connectivity index (χ0n) is 10.8. The highest BCUT2D eigenvalue weighted by Crippen LogP contribution is 2.25. The Bertz CT molecular complexity index is 283. The quantitative estimate of drug-likeness (QED) is 0.594. The minimum atomic E-state index is -0.821. The van der Waals surface area contributed by atoms with Gasteiger partial charge in [-0.1, -0.05) is 6.42 Å². The van der Waals surface area contributed by atoms with Gasteiger partial charge >= 0.3 is 12.0 Å². The van der Waals surface area contributed by atoms with Crippen molar-refractivity contribution in [3.63, 3.8) is 0 Å². The van der Waals surface area contributed by atoms with Gasteiger partial charge in [0, 0.05) is 26.3 Å². The lowest BCUT2D eigenvalue weighted by molar-refractivity contribution is -0.142. The molecular weight excluding hydrogens is 236 g/mol.